The van der Waals surface area contributed by atoms with Gasteiger partial charge in [0.1, 0.15) is 5.75 Å². The van der Waals surface area contributed by atoms with Gasteiger partial charge in [0.2, 0.25) is 0 Å². The highest BCUT2D eigenvalue weighted by Crippen LogP contribution is 2.17. The van der Waals surface area contributed by atoms with Crippen molar-refractivity contribution in [2.45, 2.75) is 31.1 Å². The van der Waals surface area contributed by atoms with Crippen LogP contribution in [-0.4, -0.2) is 51.6 Å². The minimum absolute atomic E-state index is 0.0161. The van der Waals surface area contributed by atoms with Crippen molar-refractivity contribution in [3.63, 3.8) is 0 Å². The molecule has 0 unspecified atom stereocenters. The lowest BCUT2D eigenvalue weighted by Gasteiger charge is -2.30. The average molecular weight is 509 g/mol. The zero-order valence-corrected chi connectivity index (χ0v) is 20.5. The van der Waals surface area contributed by atoms with Crippen LogP contribution in [-0.2, 0) is 21.2 Å². The second-order valence-corrected chi connectivity index (χ2v) is 10.3. The molecule has 1 aliphatic rings. The summed E-state index contributed by atoms with van der Waals surface area (Å²) in [4.78, 5) is 24.0. The van der Waals surface area contributed by atoms with Crippen molar-refractivity contribution in [1.82, 2.24) is 20.5 Å². The van der Waals surface area contributed by atoms with E-state index in [1.807, 2.05) is 4.72 Å². The topological polar surface area (TPSA) is 117 Å². The van der Waals surface area contributed by atoms with Gasteiger partial charge in [-0.1, -0.05) is 36.7 Å². The van der Waals surface area contributed by atoms with Crippen LogP contribution < -0.4 is 20.2 Å². The fraction of sp³-hybridized carbons (Fsp3) is 0.391. The molecule has 1 saturated heterocycles. The smallest absolute Gasteiger partial charge is 0.343 e. The molecule has 0 atom stereocenters. The van der Waals surface area contributed by atoms with Gasteiger partial charge in [0, 0.05) is 24.7 Å². The van der Waals surface area contributed by atoms with E-state index in [1.165, 1.54) is 12.1 Å². The zero-order valence-electron chi connectivity index (χ0n) is 18.9. The van der Waals surface area contributed by atoms with Crippen LogP contribution in [0, 0.1) is 5.92 Å². The highest BCUT2D eigenvalue weighted by atomic mass is 35.5. The second kappa shape index (κ2) is 12.0. The van der Waals surface area contributed by atoms with Gasteiger partial charge in [-0.05, 0) is 61.1 Å². The monoisotopic (exact) mass is 508 g/mol. The van der Waals surface area contributed by atoms with Crippen LogP contribution in [0.25, 0.3) is 0 Å². The lowest BCUT2D eigenvalue weighted by atomic mass is 10.0. The van der Waals surface area contributed by atoms with E-state index in [2.05, 4.69) is 17.7 Å². The lowest BCUT2D eigenvalue weighted by Crippen LogP contribution is -2.51. The molecule has 3 N–H and O–H groups in total. The summed E-state index contributed by atoms with van der Waals surface area (Å²) < 4.78 is 32.4. The Kier molecular flexibility index (Phi) is 9.14. The van der Waals surface area contributed by atoms with Gasteiger partial charge in [-0.25, -0.2) is 22.9 Å². The summed E-state index contributed by atoms with van der Waals surface area (Å²) >= 11 is 5.88. The molecular formula is C23H29ClN4O5S. The predicted octanol–water partition coefficient (Wildman–Crippen LogP) is 2.71. The molecule has 184 valence electrons. The largest absolute Gasteiger partial charge is 0.484 e. The number of hydrogen-bond acceptors (Lipinski definition) is 6. The SMILES string of the molecule is CC1CCN(NC(=O)NS(=O)(=O)c2ccc(CCNC(=O)COc3cccc(Cl)c3)cc2)CC1. The van der Waals surface area contributed by atoms with E-state index >= 15 is 0 Å². The van der Waals surface area contributed by atoms with Crippen molar-refractivity contribution in [2.24, 2.45) is 5.92 Å². The molecular weight excluding hydrogens is 480 g/mol. The van der Waals surface area contributed by atoms with Crippen LogP contribution in [0.15, 0.2) is 53.4 Å². The van der Waals surface area contributed by atoms with Crippen LogP contribution in [0.1, 0.15) is 25.3 Å². The maximum absolute atomic E-state index is 12.5. The summed E-state index contributed by atoms with van der Waals surface area (Å²) in [5, 5.41) is 4.99. The molecule has 3 rings (SSSR count). The Hall–Kier alpha value is -2.82. The molecule has 0 aromatic heterocycles. The predicted molar refractivity (Wildman–Crippen MR) is 129 cm³/mol. The first-order valence-corrected chi connectivity index (χ1v) is 12.9. The molecule has 3 amide bonds. The summed E-state index contributed by atoms with van der Waals surface area (Å²) in [6.45, 7) is 3.75. The molecule has 0 bridgehead atoms. The molecule has 0 saturated carbocycles. The molecule has 2 aromatic carbocycles. The fourth-order valence-electron chi connectivity index (χ4n) is 3.41. The number of hydrazine groups is 1. The number of benzene rings is 2. The number of sulfonamides is 1. The van der Waals surface area contributed by atoms with Crippen LogP contribution in [0.3, 0.4) is 0 Å². The van der Waals surface area contributed by atoms with E-state index < -0.39 is 16.1 Å². The van der Waals surface area contributed by atoms with Crippen molar-refractivity contribution in [3.05, 3.63) is 59.1 Å². The molecule has 34 heavy (non-hydrogen) atoms. The van der Waals surface area contributed by atoms with Crippen LogP contribution in [0.2, 0.25) is 5.02 Å². The summed E-state index contributed by atoms with van der Waals surface area (Å²) in [7, 11) is -3.99. The third kappa shape index (κ3) is 8.19. The first-order valence-electron chi connectivity index (χ1n) is 11.0. The quantitative estimate of drug-likeness (QED) is 0.479. The van der Waals surface area contributed by atoms with E-state index in [0.717, 1.165) is 18.4 Å². The number of urea groups is 1. The van der Waals surface area contributed by atoms with E-state index in [4.69, 9.17) is 16.3 Å². The second-order valence-electron chi connectivity index (χ2n) is 8.21. The number of rotatable bonds is 9. The minimum atomic E-state index is -3.99. The number of ether oxygens (including phenoxy) is 1. The average Bonchev–Trinajstić information content (AvgIpc) is 2.79. The molecule has 1 fully saturated rings. The summed E-state index contributed by atoms with van der Waals surface area (Å²) in [5.41, 5.74) is 3.42. The minimum Gasteiger partial charge on any atom is -0.484 e. The van der Waals surface area contributed by atoms with Gasteiger partial charge >= 0.3 is 6.03 Å². The number of nitrogens with zero attached hydrogens (tertiary/aromatic N) is 1. The molecule has 9 nitrogen and oxygen atoms in total. The Balaban J connectivity index is 1.41. The number of piperidine rings is 1. The highest BCUT2D eigenvalue weighted by Gasteiger charge is 2.21. The van der Waals surface area contributed by atoms with Crippen molar-refractivity contribution < 1.29 is 22.7 Å². The number of nitrogens with one attached hydrogen (secondary N) is 3. The highest BCUT2D eigenvalue weighted by molar-refractivity contribution is 7.90. The Morgan fingerprint density at radius 2 is 1.82 bits per heavy atom. The first kappa shape index (κ1) is 25.8. The summed E-state index contributed by atoms with van der Waals surface area (Å²) in [6, 6.07) is 12.2. The van der Waals surface area contributed by atoms with E-state index in [-0.39, 0.29) is 17.4 Å². The maximum Gasteiger partial charge on any atom is 0.343 e. The maximum atomic E-state index is 12.5. The Morgan fingerprint density at radius 1 is 1.12 bits per heavy atom. The molecule has 1 aliphatic heterocycles. The molecule has 2 aromatic rings. The normalized spacial score (nSPS) is 14.9. The summed E-state index contributed by atoms with van der Waals surface area (Å²) in [6.07, 6.45) is 2.40. The molecule has 1 heterocycles. The standard InChI is InChI=1S/C23H29ClN4O5S/c1-17-10-13-28(14-11-17)26-23(30)27-34(31,32)21-7-5-18(6-8-21)9-12-25-22(29)16-33-20-4-2-3-19(24)15-20/h2-8,15,17H,9-14,16H2,1H3,(H,25,29)(H2,26,27,30). The zero-order chi connectivity index (χ0) is 24.6. The van der Waals surface area contributed by atoms with Crippen molar-refractivity contribution in [2.75, 3.05) is 26.2 Å². The number of amides is 3. The van der Waals surface area contributed by atoms with Crippen LogP contribution >= 0.6 is 11.6 Å². The Morgan fingerprint density at radius 3 is 2.50 bits per heavy atom. The third-order valence-corrected chi connectivity index (χ3v) is 6.99. The van der Waals surface area contributed by atoms with Gasteiger partial charge in [0.05, 0.1) is 4.90 Å². The van der Waals surface area contributed by atoms with Crippen molar-refractivity contribution >= 4 is 33.6 Å². The van der Waals surface area contributed by atoms with Gasteiger partial charge in [0.25, 0.3) is 15.9 Å². The number of halogens is 1. The van der Waals surface area contributed by atoms with Crippen LogP contribution in [0.5, 0.6) is 5.75 Å². The number of carbonyl (C=O) groups is 2. The number of hydrogen-bond donors (Lipinski definition) is 3. The third-order valence-electron chi connectivity index (χ3n) is 5.41. The van der Waals surface area contributed by atoms with E-state index in [0.29, 0.717) is 42.7 Å². The summed E-state index contributed by atoms with van der Waals surface area (Å²) in [5.74, 6) is 0.823. The fourth-order valence-corrected chi connectivity index (χ4v) is 4.49. The van der Waals surface area contributed by atoms with Gasteiger partial charge in [-0.3, -0.25) is 10.2 Å². The van der Waals surface area contributed by atoms with Gasteiger partial charge in [0.15, 0.2) is 6.61 Å². The van der Waals surface area contributed by atoms with Crippen LogP contribution in [0.4, 0.5) is 4.79 Å². The Bertz CT molecular complexity index is 1090. The lowest BCUT2D eigenvalue weighted by molar-refractivity contribution is -0.123. The molecule has 0 spiro atoms. The van der Waals surface area contributed by atoms with Crippen molar-refractivity contribution in [1.29, 1.82) is 0 Å². The molecule has 11 heteroatoms. The van der Waals surface area contributed by atoms with Crippen molar-refractivity contribution in [3.8, 4) is 5.75 Å². The Labute approximate surface area is 204 Å². The van der Waals surface area contributed by atoms with E-state index in [9.17, 15) is 18.0 Å². The van der Waals surface area contributed by atoms with E-state index in [1.54, 1.807) is 41.4 Å². The molecule has 0 radical (unpaired) electrons. The van der Waals surface area contributed by atoms with Gasteiger partial charge in [-0.2, -0.15) is 0 Å². The molecule has 0 aliphatic carbocycles. The number of carbonyl (C=O) groups excluding carboxylic acids is 2. The van der Waals surface area contributed by atoms with Gasteiger partial charge < -0.3 is 10.1 Å². The first-order chi connectivity index (χ1) is 16.2. The van der Waals surface area contributed by atoms with Gasteiger partial charge in [-0.15, -0.1) is 0 Å².